The third kappa shape index (κ3) is 10.2. The fourth-order valence-corrected chi connectivity index (χ4v) is 4.70. The van der Waals surface area contributed by atoms with Gasteiger partial charge in [-0.25, -0.2) is 9.97 Å². The van der Waals surface area contributed by atoms with Crippen molar-refractivity contribution >= 4 is 23.9 Å². The SMILES string of the molecule is CNCc1c(Nc2ccccc2)nc(-c2ccc(C=NCCCN(C)C)cc2)nc1-c1ccc(C=NCCCN(C)C)cc1. The van der Waals surface area contributed by atoms with Gasteiger partial charge in [-0.1, -0.05) is 66.7 Å². The number of aliphatic imine (C=N–C) groups is 2. The zero-order chi connectivity index (χ0) is 31.1. The van der Waals surface area contributed by atoms with Crippen LogP contribution in [-0.4, -0.2) is 93.6 Å². The molecule has 0 unspecified atom stereocenters. The first-order chi connectivity index (χ1) is 21.4. The Hall–Kier alpha value is -4.24. The predicted molar refractivity (Wildman–Crippen MR) is 187 cm³/mol. The Bertz CT molecular complexity index is 1480. The molecule has 3 aromatic carbocycles. The second kappa shape index (κ2) is 17.2. The maximum Gasteiger partial charge on any atom is 0.162 e. The van der Waals surface area contributed by atoms with Crippen LogP contribution < -0.4 is 10.6 Å². The Balaban J connectivity index is 1.64. The molecule has 0 spiro atoms. The zero-order valence-electron chi connectivity index (χ0n) is 26.8. The fraction of sp³-hybridized carbons (Fsp3) is 0.333. The second-order valence-electron chi connectivity index (χ2n) is 11.4. The van der Waals surface area contributed by atoms with Crippen molar-refractivity contribution in [3.05, 3.63) is 95.6 Å². The minimum absolute atomic E-state index is 0.614. The first-order valence-electron chi connectivity index (χ1n) is 15.3. The van der Waals surface area contributed by atoms with E-state index in [4.69, 9.17) is 9.97 Å². The monoisotopic (exact) mass is 590 g/mol. The molecule has 2 N–H and O–H groups in total. The number of hydrogen-bond donors (Lipinski definition) is 2. The van der Waals surface area contributed by atoms with Gasteiger partial charge >= 0.3 is 0 Å². The second-order valence-corrected chi connectivity index (χ2v) is 11.4. The number of rotatable bonds is 16. The molecule has 0 saturated carbocycles. The van der Waals surface area contributed by atoms with Gasteiger partial charge in [0.05, 0.1) is 5.69 Å². The highest BCUT2D eigenvalue weighted by Crippen LogP contribution is 2.31. The summed E-state index contributed by atoms with van der Waals surface area (Å²) in [4.78, 5) is 23.7. The molecule has 4 aromatic rings. The molecular formula is C36H46N8. The van der Waals surface area contributed by atoms with Crippen LogP contribution in [0.25, 0.3) is 22.6 Å². The van der Waals surface area contributed by atoms with Gasteiger partial charge in [0.2, 0.25) is 0 Å². The molecule has 0 radical (unpaired) electrons. The number of anilines is 2. The maximum atomic E-state index is 5.13. The van der Waals surface area contributed by atoms with Crippen LogP contribution in [0.4, 0.5) is 11.5 Å². The summed E-state index contributed by atoms with van der Waals surface area (Å²) in [6.07, 6.45) is 5.98. The van der Waals surface area contributed by atoms with E-state index in [2.05, 4.69) is 107 Å². The van der Waals surface area contributed by atoms with Crippen molar-refractivity contribution in [2.45, 2.75) is 19.4 Å². The summed E-state index contributed by atoms with van der Waals surface area (Å²) in [5, 5.41) is 6.87. The van der Waals surface area contributed by atoms with Gasteiger partial charge in [-0.15, -0.1) is 0 Å². The van der Waals surface area contributed by atoms with Crippen LogP contribution in [0.2, 0.25) is 0 Å². The highest BCUT2D eigenvalue weighted by Gasteiger charge is 2.17. The molecule has 8 heteroatoms. The Kier molecular flexibility index (Phi) is 12.7. The zero-order valence-corrected chi connectivity index (χ0v) is 26.8. The molecule has 44 heavy (non-hydrogen) atoms. The van der Waals surface area contributed by atoms with Crippen LogP contribution in [-0.2, 0) is 6.54 Å². The Morgan fingerprint density at radius 1 is 0.682 bits per heavy atom. The van der Waals surface area contributed by atoms with E-state index in [1.54, 1.807) is 0 Å². The smallest absolute Gasteiger partial charge is 0.162 e. The summed E-state index contributed by atoms with van der Waals surface area (Å²) < 4.78 is 0. The molecule has 230 valence electrons. The van der Waals surface area contributed by atoms with Gasteiger partial charge in [0, 0.05) is 54.4 Å². The molecule has 0 atom stereocenters. The molecule has 1 heterocycles. The molecule has 8 nitrogen and oxygen atoms in total. The molecular weight excluding hydrogens is 544 g/mol. The summed E-state index contributed by atoms with van der Waals surface area (Å²) in [7, 11) is 10.3. The fourth-order valence-electron chi connectivity index (χ4n) is 4.70. The van der Waals surface area contributed by atoms with Crippen molar-refractivity contribution in [2.75, 3.05) is 66.7 Å². The lowest BCUT2D eigenvalue weighted by atomic mass is 10.0. The lowest BCUT2D eigenvalue weighted by Crippen LogP contribution is -2.13. The number of hydrogen-bond acceptors (Lipinski definition) is 8. The number of nitrogens with one attached hydrogen (secondary N) is 2. The van der Waals surface area contributed by atoms with Crippen molar-refractivity contribution < 1.29 is 0 Å². The molecule has 0 aliphatic carbocycles. The van der Waals surface area contributed by atoms with Gasteiger partial charge in [-0.2, -0.15) is 0 Å². The van der Waals surface area contributed by atoms with Crippen LogP contribution >= 0.6 is 0 Å². The molecule has 0 bridgehead atoms. The summed E-state index contributed by atoms with van der Waals surface area (Å²) in [5.41, 5.74) is 6.99. The molecule has 0 amide bonds. The molecule has 0 fully saturated rings. The third-order valence-electron chi connectivity index (χ3n) is 7.02. The minimum atomic E-state index is 0.614. The minimum Gasteiger partial charge on any atom is -0.340 e. The van der Waals surface area contributed by atoms with Gasteiger partial charge in [0.1, 0.15) is 5.82 Å². The lowest BCUT2D eigenvalue weighted by molar-refractivity contribution is 0.403. The average Bonchev–Trinajstić information content (AvgIpc) is 3.02. The van der Waals surface area contributed by atoms with E-state index < -0.39 is 0 Å². The summed E-state index contributed by atoms with van der Waals surface area (Å²) in [6, 6.07) is 26.9. The van der Waals surface area contributed by atoms with Crippen molar-refractivity contribution in [1.29, 1.82) is 0 Å². The summed E-state index contributed by atoms with van der Waals surface area (Å²) >= 11 is 0. The van der Waals surface area contributed by atoms with Crippen LogP contribution in [0.3, 0.4) is 0 Å². The van der Waals surface area contributed by atoms with Crippen molar-refractivity contribution in [1.82, 2.24) is 25.1 Å². The lowest BCUT2D eigenvalue weighted by Gasteiger charge is -2.17. The van der Waals surface area contributed by atoms with E-state index in [1.165, 1.54) is 0 Å². The van der Waals surface area contributed by atoms with Crippen LogP contribution in [0, 0.1) is 0 Å². The summed E-state index contributed by atoms with van der Waals surface area (Å²) in [5.74, 6) is 1.45. The van der Waals surface area contributed by atoms with E-state index in [1.807, 2.05) is 49.8 Å². The standard InChI is InChI=1S/C36H46N8/c1-37-27-33-34(30-17-13-28(14-18-30)25-38-21-9-23-43(2)3)41-35(42-36(33)40-32-11-7-6-8-12-32)31-19-15-29(16-20-31)26-39-22-10-24-44(4)5/h6-8,11-20,25-26,37H,9-10,21-24,27H2,1-5H3,(H,40,41,42). The van der Waals surface area contributed by atoms with Gasteiger partial charge in [-0.3, -0.25) is 9.98 Å². The highest BCUT2D eigenvalue weighted by molar-refractivity contribution is 5.83. The Labute approximate surface area is 263 Å². The van der Waals surface area contributed by atoms with Crippen molar-refractivity contribution in [2.24, 2.45) is 9.98 Å². The van der Waals surface area contributed by atoms with Crippen LogP contribution in [0.1, 0.15) is 29.5 Å². The molecule has 1 aromatic heterocycles. The highest BCUT2D eigenvalue weighted by atomic mass is 15.1. The molecule has 0 aliphatic heterocycles. The predicted octanol–water partition coefficient (Wildman–Crippen LogP) is 6.01. The first kappa shape index (κ1) is 32.7. The quantitative estimate of drug-likeness (QED) is 0.123. The van der Waals surface area contributed by atoms with Gasteiger partial charge < -0.3 is 20.4 Å². The van der Waals surface area contributed by atoms with E-state index in [0.717, 1.165) is 84.0 Å². The van der Waals surface area contributed by atoms with E-state index in [9.17, 15) is 0 Å². The van der Waals surface area contributed by atoms with E-state index in [0.29, 0.717) is 12.4 Å². The van der Waals surface area contributed by atoms with Gasteiger partial charge in [0.15, 0.2) is 5.82 Å². The number of nitrogens with zero attached hydrogens (tertiary/aromatic N) is 6. The first-order valence-corrected chi connectivity index (χ1v) is 15.3. The van der Waals surface area contributed by atoms with Crippen molar-refractivity contribution in [3.8, 4) is 22.6 Å². The molecule has 0 saturated heterocycles. The largest absolute Gasteiger partial charge is 0.340 e. The topological polar surface area (TPSA) is 81.0 Å². The molecule has 4 rings (SSSR count). The number of aromatic nitrogens is 2. The Morgan fingerprint density at radius 2 is 1.23 bits per heavy atom. The number of para-hydroxylation sites is 1. The van der Waals surface area contributed by atoms with E-state index in [-0.39, 0.29) is 0 Å². The van der Waals surface area contributed by atoms with Crippen LogP contribution in [0.5, 0.6) is 0 Å². The normalized spacial score (nSPS) is 11.8. The van der Waals surface area contributed by atoms with Gasteiger partial charge in [0.25, 0.3) is 0 Å². The van der Waals surface area contributed by atoms with Crippen molar-refractivity contribution in [3.63, 3.8) is 0 Å². The molecule has 0 aliphatic rings. The summed E-state index contributed by atoms with van der Waals surface area (Å²) in [6.45, 7) is 4.31. The number of benzene rings is 3. The third-order valence-corrected chi connectivity index (χ3v) is 7.02. The van der Waals surface area contributed by atoms with Crippen LogP contribution in [0.15, 0.2) is 88.8 Å². The van der Waals surface area contributed by atoms with E-state index >= 15 is 0 Å². The average molecular weight is 591 g/mol. The Morgan fingerprint density at radius 3 is 1.75 bits per heavy atom. The maximum absolute atomic E-state index is 5.13. The van der Waals surface area contributed by atoms with Gasteiger partial charge in [-0.05, 0) is 84.4 Å².